The van der Waals surface area contributed by atoms with E-state index in [9.17, 15) is 19.2 Å². The van der Waals surface area contributed by atoms with Crippen molar-refractivity contribution in [3.63, 3.8) is 0 Å². The molecule has 1 aromatic rings. The molecule has 1 rings (SSSR count). The minimum Gasteiger partial charge on any atom is -0.355 e. The standard InChI is InChI=1S/C11H14N4O4/c1-12-10(18)7-3-4-9(17)15(5-7)6-8(16)14-11(19)13-2/h3-5H,6H2,1-2H3,(H,12,18)(H2,13,14,16,19). The maximum Gasteiger partial charge on any atom is 0.321 e. The van der Waals surface area contributed by atoms with Gasteiger partial charge in [-0.15, -0.1) is 0 Å². The summed E-state index contributed by atoms with van der Waals surface area (Å²) in [5.41, 5.74) is -0.199. The van der Waals surface area contributed by atoms with Crippen molar-refractivity contribution in [2.24, 2.45) is 0 Å². The molecule has 0 aliphatic rings. The molecule has 1 heterocycles. The molecule has 0 aliphatic heterocycles. The predicted molar refractivity (Wildman–Crippen MR) is 66.7 cm³/mol. The highest BCUT2D eigenvalue weighted by Crippen LogP contribution is 1.95. The number of imide groups is 1. The van der Waals surface area contributed by atoms with Crippen LogP contribution >= 0.6 is 0 Å². The van der Waals surface area contributed by atoms with Gasteiger partial charge in [0, 0.05) is 26.4 Å². The first-order valence-electron chi connectivity index (χ1n) is 5.42. The van der Waals surface area contributed by atoms with Gasteiger partial charge < -0.3 is 15.2 Å². The Morgan fingerprint density at radius 3 is 2.42 bits per heavy atom. The van der Waals surface area contributed by atoms with Crippen molar-refractivity contribution in [1.82, 2.24) is 20.5 Å². The summed E-state index contributed by atoms with van der Waals surface area (Å²) in [6.45, 7) is -0.350. The van der Waals surface area contributed by atoms with Crippen molar-refractivity contribution in [2.45, 2.75) is 6.54 Å². The Hall–Kier alpha value is -2.64. The summed E-state index contributed by atoms with van der Waals surface area (Å²) >= 11 is 0. The van der Waals surface area contributed by atoms with Gasteiger partial charge in [0.05, 0.1) is 5.56 Å². The zero-order valence-corrected chi connectivity index (χ0v) is 10.5. The number of aromatic nitrogens is 1. The van der Waals surface area contributed by atoms with Crippen LogP contribution in [0.2, 0.25) is 0 Å². The van der Waals surface area contributed by atoms with Gasteiger partial charge in [0.25, 0.3) is 11.5 Å². The Balaban J connectivity index is 2.88. The minimum absolute atomic E-state index is 0.245. The van der Waals surface area contributed by atoms with Crippen LogP contribution in [-0.4, -0.2) is 36.5 Å². The number of pyridine rings is 1. The van der Waals surface area contributed by atoms with Crippen LogP contribution in [0.1, 0.15) is 10.4 Å². The second-order valence-corrected chi connectivity index (χ2v) is 3.59. The average Bonchev–Trinajstić information content (AvgIpc) is 2.40. The summed E-state index contributed by atoms with van der Waals surface area (Å²) in [4.78, 5) is 45.3. The van der Waals surface area contributed by atoms with Crippen molar-refractivity contribution in [3.05, 3.63) is 34.2 Å². The maximum absolute atomic E-state index is 11.5. The van der Waals surface area contributed by atoms with Crippen LogP contribution in [0.3, 0.4) is 0 Å². The van der Waals surface area contributed by atoms with Crippen LogP contribution in [0.25, 0.3) is 0 Å². The van der Waals surface area contributed by atoms with Crippen molar-refractivity contribution in [1.29, 1.82) is 0 Å². The second-order valence-electron chi connectivity index (χ2n) is 3.59. The molecule has 102 valence electrons. The predicted octanol–water partition coefficient (Wildman–Crippen LogP) is -1.34. The molecule has 1 aromatic heterocycles. The maximum atomic E-state index is 11.5. The molecular formula is C11H14N4O4. The highest BCUT2D eigenvalue weighted by atomic mass is 16.2. The van der Waals surface area contributed by atoms with Crippen LogP contribution in [0.5, 0.6) is 0 Å². The monoisotopic (exact) mass is 266 g/mol. The van der Waals surface area contributed by atoms with E-state index in [1.54, 1.807) is 0 Å². The zero-order chi connectivity index (χ0) is 14.4. The molecule has 0 fully saturated rings. The van der Waals surface area contributed by atoms with Crippen LogP contribution in [0, 0.1) is 0 Å². The number of carbonyl (C=O) groups is 3. The Morgan fingerprint density at radius 1 is 1.16 bits per heavy atom. The third-order valence-electron chi connectivity index (χ3n) is 2.27. The Kier molecular flexibility index (Phi) is 4.81. The molecule has 8 heteroatoms. The van der Waals surface area contributed by atoms with Gasteiger partial charge in [0.2, 0.25) is 5.91 Å². The van der Waals surface area contributed by atoms with Crippen molar-refractivity contribution in [3.8, 4) is 0 Å². The highest BCUT2D eigenvalue weighted by molar-refractivity contribution is 5.95. The van der Waals surface area contributed by atoms with E-state index in [0.29, 0.717) is 0 Å². The fourth-order valence-corrected chi connectivity index (χ4v) is 1.32. The first kappa shape index (κ1) is 14.4. The van der Waals surface area contributed by atoms with E-state index in [4.69, 9.17) is 0 Å². The highest BCUT2D eigenvalue weighted by Gasteiger charge is 2.10. The summed E-state index contributed by atoms with van der Waals surface area (Å²) in [6.07, 6.45) is 1.25. The smallest absolute Gasteiger partial charge is 0.321 e. The number of rotatable bonds is 3. The molecule has 0 aromatic carbocycles. The van der Waals surface area contributed by atoms with Gasteiger partial charge in [-0.25, -0.2) is 4.79 Å². The first-order chi connectivity index (χ1) is 8.97. The van der Waals surface area contributed by atoms with E-state index in [2.05, 4.69) is 10.6 Å². The molecule has 19 heavy (non-hydrogen) atoms. The van der Waals surface area contributed by atoms with Gasteiger partial charge in [-0.05, 0) is 6.07 Å². The lowest BCUT2D eigenvalue weighted by atomic mass is 10.2. The topological polar surface area (TPSA) is 109 Å². The number of carbonyl (C=O) groups excluding carboxylic acids is 3. The van der Waals surface area contributed by atoms with Crippen LogP contribution in [-0.2, 0) is 11.3 Å². The lowest BCUT2D eigenvalue weighted by Crippen LogP contribution is -2.40. The summed E-state index contributed by atoms with van der Waals surface area (Å²) < 4.78 is 1.04. The van der Waals surface area contributed by atoms with Crippen LogP contribution in [0.4, 0.5) is 4.79 Å². The molecule has 0 saturated carbocycles. The molecule has 0 bridgehead atoms. The summed E-state index contributed by atoms with van der Waals surface area (Å²) in [7, 11) is 2.82. The number of nitrogens with zero attached hydrogens (tertiary/aromatic N) is 1. The summed E-state index contributed by atoms with van der Waals surface area (Å²) in [6, 6.07) is 1.87. The van der Waals surface area contributed by atoms with Gasteiger partial charge in [-0.2, -0.15) is 0 Å². The fourth-order valence-electron chi connectivity index (χ4n) is 1.32. The Bertz CT molecular complexity index is 564. The molecule has 4 amide bonds. The van der Waals surface area contributed by atoms with E-state index in [1.807, 2.05) is 5.32 Å². The van der Waals surface area contributed by atoms with Crippen molar-refractivity contribution in [2.75, 3.05) is 14.1 Å². The van der Waals surface area contributed by atoms with Crippen molar-refractivity contribution < 1.29 is 14.4 Å². The van der Waals surface area contributed by atoms with E-state index in [-0.39, 0.29) is 18.0 Å². The normalized spacial score (nSPS) is 9.58. The number of urea groups is 1. The molecule has 0 unspecified atom stereocenters. The average molecular weight is 266 g/mol. The SMILES string of the molecule is CNC(=O)NC(=O)Cn1cc(C(=O)NC)ccc1=O. The van der Waals surface area contributed by atoms with E-state index in [0.717, 1.165) is 4.57 Å². The molecule has 3 N–H and O–H groups in total. The third kappa shape index (κ3) is 3.95. The molecule has 0 aliphatic carbocycles. The molecule has 8 nitrogen and oxygen atoms in total. The lowest BCUT2D eigenvalue weighted by molar-refractivity contribution is -0.120. The largest absolute Gasteiger partial charge is 0.355 e. The number of hydrogen-bond acceptors (Lipinski definition) is 4. The first-order valence-corrected chi connectivity index (χ1v) is 5.42. The molecule has 0 radical (unpaired) electrons. The summed E-state index contributed by atoms with van der Waals surface area (Å²) in [5.74, 6) is -1.03. The fraction of sp³-hybridized carbons (Fsp3) is 0.273. The number of hydrogen-bond donors (Lipinski definition) is 3. The van der Waals surface area contributed by atoms with Crippen LogP contribution in [0.15, 0.2) is 23.1 Å². The Labute approximate surface area is 108 Å². The van der Waals surface area contributed by atoms with E-state index < -0.39 is 17.5 Å². The number of nitrogens with one attached hydrogen (secondary N) is 3. The molecule has 0 saturated heterocycles. The molecule has 0 atom stereocenters. The van der Waals surface area contributed by atoms with Gasteiger partial charge in [-0.3, -0.25) is 19.7 Å². The van der Waals surface area contributed by atoms with Gasteiger partial charge in [0.1, 0.15) is 6.54 Å². The molecule has 0 spiro atoms. The van der Waals surface area contributed by atoms with Crippen LogP contribution < -0.4 is 21.5 Å². The quantitative estimate of drug-likeness (QED) is 0.629. The summed E-state index contributed by atoms with van der Waals surface area (Å²) in [5, 5.41) is 6.63. The Morgan fingerprint density at radius 2 is 1.84 bits per heavy atom. The number of amides is 4. The molecular weight excluding hydrogens is 252 g/mol. The van der Waals surface area contributed by atoms with E-state index in [1.165, 1.54) is 32.4 Å². The van der Waals surface area contributed by atoms with Gasteiger partial charge >= 0.3 is 6.03 Å². The minimum atomic E-state index is -0.666. The van der Waals surface area contributed by atoms with Gasteiger partial charge in [-0.1, -0.05) is 0 Å². The zero-order valence-electron chi connectivity index (χ0n) is 10.5. The second kappa shape index (κ2) is 6.34. The lowest BCUT2D eigenvalue weighted by Gasteiger charge is -2.07. The van der Waals surface area contributed by atoms with E-state index >= 15 is 0 Å². The van der Waals surface area contributed by atoms with Crippen molar-refractivity contribution >= 4 is 17.8 Å². The third-order valence-corrected chi connectivity index (χ3v) is 2.27. The van der Waals surface area contributed by atoms with Gasteiger partial charge in [0.15, 0.2) is 0 Å².